The summed E-state index contributed by atoms with van der Waals surface area (Å²) in [6, 6.07) is 10.4. The van der Waals surface area contributed by atoms with E-state index in [0.717, 1.165) is 26.2 Å². The minimum Gasteiger partial charge on any atom is -0.467 e. The molecule has 0 bridgehead atoms. The van der Waals surface area contributed by atoms with E-state index in [1.165, 1.54) is 31.2 Å². The smallest absolute Gasteiger partial charge is 0.257 e. The first-order chi connectivity index (χ1) is 14.9. The van der Waals surface area contributed by atoms with Crippen molar-refractivity contribution in [1.82, 2.24) is 19.4 Å². The monoisotopic (exact) mass is 446 g/mol. The average Bonchev–Trinajstić information content (AvgIpc) is 3.28. The van der Waals surface area contributed by atoms with Gasteiger partial charge in [-0.2, -0.15) is 0 Å². The van der Waals surface area contributed by atoms with E-state index in [9.17, 15) is 13.2 Å². The molecule has 8 nitrogen and oxygen atoms in total. The number of nitrogens with one attached hydrogen (secondary N) is 1. The number of furan rings is 1. The van der Waals surface area contributed by atoms with Gasteiger partial charge in [-0.1, -0.05) is 18.2 Å². The molecule has 0 aliphatic carbocycles. The van der Waals surface area contributed by atoms with E-state index in [2.05, 4.69) is 21.6 Å². The Hall–Kier alpha value is -2.20. The van der Waals surface area contributed by atoms with Crippen molar-refractivity contribution >= 4 is 15.9 Å². The number of hydrogen-bond acceptors (Lipinski definition) is 6. The van der Waals surface area contributed by atoms with Crippen molar-refractivity contribution in [3.8, 4) is 0 Å². The molecule has 31 heavy (non-hydrogen) atoms. The van der Waals surface area contributed by atoms with Gasteiger partial charge in [0.05, 0.1) is 17.0 Å². The van der Waals surface area contributed by atoms with Crippen molar-refractivity contribution in [1.29, 1.82) is 0 Å². The Bertz CT molecular complexity index is 976. The lowest BCUT2D eigenvalue weighted by Crippen LogP contribution is -2.54. The first-order valence-corrected chi connectivity index (χ1v) is 12.2. The molecule has 3 heterocycles. The van der Waals surface area contributed by atoms with E-state index in [-0.39, 0.29) is 17.3 Å². The maximum atomic E-state index is 12.9. The molecular weight excluding hydrogens is 416 g/mol. The van der Waals surface area contributed by atoms with E-state index in [0.29, 0.717) is 30.5 Å². The second kappa shape index (κ2) is 9.52. The number of piperazine rings is 1. The lowest BCUT2D eigenvalue weighted by Gasteiger charge is -2.42. The molecule has 2 aliphatic heterocycles. The van der Waals surface area contributed by atoms with Crippen LogP contribution >= 0.6 is 0 Å². The molecule has 9 heteroatoms. The Morgan fingerprint density at radius 2 is 1.74 bits per heavy atom. The van der Waals surface area contributed by atoms with Crippen molar-refractivity contribution in [2.75, 3.05) is 46.3 Å². The largest absolute Gasteiger partial charge is 0.467 e. The fourth-order valence-electron chi connectivity index (χ4n) is 4.27. The van der Waals surface area contributed by atoms with Crippen LogP contribution in [0.25, 0.3) is 0 Å². The van der Waals surface area contributed by atoms with Crippen LogP contribution in [0.5, 0.6) is 0 Å². The van der Waals surface area contributed by atoms with E-state index < -0.39 is 10.0 Å². The summed E-state index contributed by atoms with van der Waals surface area (Å²) in [6.45, 7) is 5.45. The zero-order chi connectivity index (χ0) is 21.8. The van der Waals surface area contributed by atoms with Gasteiger partial charge in [-0.05, 0) is 51.2 Å². The van der Waals surface area contributed by atoms with Gasteiger partial charge < -0.3 is 14.2 Å². The zero-order valence-corrected chi connectivity index (χ0v) is 18.7. The van der Waals surface area contributed by atoms with Gasteiger partial charge in [0.1, 0.15) is 12.0 Å². The summed E-state index contributed by atoms with van der Waals surface area (Å²) in [7, 11) is -1.46. The molecule has 0 radical (unpaired) electrons. The van der Waals surface area contributed by atoms with Gasteiger partial charge in [0.2, 0.25) is 10.0 Å². The Labute approximate surface area is 183 Å². The second-order valence-electron chi connectivity index (χ2n) is 8.30. The summed E-state index contributed by atoms with van der Waals surface area (Å²) < 4.78 is 32.6. The van der Waals surface area contributed by atoms with Gasteiger partial charge >= 0.3 is 0 Å². The Morgan fingerprint density at radius 3 is 2.42 bits per heavy atom. The number of sulfonamides is 1. The van der Waals surface area contributed by atoms with Crippen LogP contribution in [0.2, 0.25) is 0 Å². The predicted octanol–water partition coefficient (Wildman–Crippen LogP) is 1.61. The first kappa shape index (κ1) is 22.0. The maximum absolute atomic E-state index is 12.9. The van der Waals surface area contributed by atoms with Gasteiger partial charge in [0.25, 0.3) is 5.91 Å². The molecule has 1 N–H and O–H groups in total. The molecule has 0 atom stereocenters. The number of benzene rings is 1. The highest BCUT2D eigenvalue weighted by molar-refractivity contribution is 7.89. The fourth-order valence-corrected chi connectivity index (χ4v) is 5.28. The van der Waals surface area contributed by atoms with Crippen LogP contribution in [-0.2, 0) is 16.6 Å². The molecule has 2 saturated heterocycles. The van der Waals surface area contributed by atoms with Crippen LogP contribution in [0.3, 0.4) is 0 Å². The van der Waals surface area contributed by atoms with Crippen LogP contribution in [0, 0.1) is 0 Å². The number of rotatable bonds is 6. The molecule has 2 aliphatic rings. The second-order valence-corrected chi connectivity index (χ2v) is 10.1. The van der Waals surface area contributed by atoms with E-state index in [1.54, 1.807) is 24.3 Å². The summed E-state index contributed by atoms with van der Waals surface area (Å²) in [4.78, 5) is 19.8. The van der Waals surface area contributed by atoms with Gasteiger partial charge in [0, 0.05) is 32.2 Å². The molecule has 0 unspecified atom stereocenters. The molecular formula is C22H30N4O4S. The van der Waals surface area contributed by atoms with Crippen LogP contribution in [-0.4, -0.2) is 81.4 Å². The number of hydrogen-bond donors (Lipinski definition) is 1. The number of nitrogens with zero attached hydrogens (tertiary/aromatic N) is 3. The van der Waals surface area contributed by atoms with Gasteiger partial charge in [-0.25, -0.2) is 13.1 Å². The van der Waals surface area contributed by atoms with Crippen molar-refractivity contribution in [3.63, 3.8) is 0 Å². The van der Waals surface area contributed by atoms with E-state index in [4.69, 9.17) is 4.42 Å². The van der Waals surface area contributed by atoms with Crippen molar-refractivity contribution in [3.05, 3.63) is 54.0 Å². The molecule has 2 fully saturated rings. The standard InChI is InChI=1S/C22H30N4O4S/c1-24-9-7-19(8-10-24)25-11-13-26(14-12-25)22(27)18-15-20(30-17-18)16-23-31(28,29)21-5-3-2-4-6-21/h2-6,15,17,19,23H,7-14,16H2,1H3. The molecule has 2 aromatic rings. The molecule has 168 valence electrons. The Balaban J connectivity index is 1.29. The van der Waals surface area contributed by atoms with Crippen LogP contribution in [0.15, 0.2) is 52.0 Å². The third kappa shape index (κ3) is 5.35. The van der Waals surface area contributed by atoms with Crippen LogP contribution < -0.4 is 4.72 Å². The summed E-state index contributed by atoms with van der Waals surface area (Å²) >= 11 is 0. The highest BCUT2D eigenvalue weighted by Crippen LogP contribution is 2.19. The summed E-state index contributed by atoms with van der Waals surface area (Å²) in [5.41, 5.74) is 0.460. The zero-order valence-electron chi connectivity index (χ0n) is 17.9. The van der Waals surface area contributed by atoms with E-state index >= 15 is 0 Å². The maximum Gasteiger partial charge on any atom is 0.257 e. The topological polar surface area (TPSA) is 86.1 Å². The number of piperidine rings is 1. The average molecular weight is 447 g/mol. The van der Waals surface area contributed by atoms with Crippen molar-refractivity contribution < 1.29 is 17.6 Å². The summed E-state index contributed by atoms with van der Waals surface area (Å²) in [5.74, 6) is 0.344. The number of likely N-dealkylation sites (tertiary alicyclic amines) is 1. The number of carbonyl (C=O) groups excluding carboxylic acids is 1. The van der Waals surface area contributed by atoms with Gasteiger partial charge in [0.15, 0.2) is 0 Å². The molecule has 0 spiro atoms. The molecule has 1 aromatic carbocycles. The SMILES string of the molecule is CN1CCC(N2CCN(C(=O)c3coc(CNS(=O)(=O)c4ccccc4)c3)CC2)CC1. The third-order valence-electron chi connectivity index (χ3n) is 6.20. The Morgan fingerprint density at radius 1 is 1.06 bits per heavy atom. The van der Waals surface area contributed by atoms with Gasteiger partial charge in [-0.15, -0.1) is 0 Å². The highest BCUT2D eigenvalue weighted by atomic mass is 32.2. The predicted molar refractivity (Wildman–Crippen MR) is 117 cm³/mol. The highest BCUT2D eigenvalue weighted by Gasteiger charge is 2.29. The molecule has 1 amide bonds. The lowest BCUT2D eigenvalue weighted by atomic mass is 10.0. The van der Waals surface area contributed by atoms with Gasteiger partial charge in [-0.3, -0.25) is 9.69 Å². The normalized spacial score (nSPS) is 19.6. The molecule has 1 aromatic heterocycles. The minimum atomic E-state index is -3.62. The summed E-state index contributed by atoms with van der Waals surface area (Å²) in [6.07, 6.45) is 3.79. The Kier molecular flexibility index (Phi) is 6.76. The summed E-state index contributed by atoms with van der Waals surface area (Å²) in [5, 5.41) is 0. The number of amides is 1. The minimum absolute atomic E-state index is 0.00554. The third-order valence-corrected chi connectivity index (χ3v) is 7.61. The van der Waals surface area contributed by atoms with Crippen LogP contribution in [0.4, 0.5) is 0 Å². The number of carbonyl (C=O) groups is 1. The first-order valence-electron chi connectivity index (χ1n) is 10.8. The van der Waals surface area contributed by atoms with Crippen molar-refractivity contribution in [2.45, 2.75) is 30.3 Å². The van der Waals surface area contributed by atoms with Crippen LogP contribution in [0.1, 0.15) is 29.0 Å². The molecule has 4 rings (SSSR count). The van der Waals surface area contributed by atoms with E-state index in [1.807, 2.05) is 4.90 Å². The molecule has 0 saturated carbocycles. The van der Waals surface area contributed by atoms with Crippen molar-refractivity contribution in [2.24, 2.45) is 0 Å². The fraction of sp³-hybridized carbons (Fsp3) is 0.500. The lowest BCUT2D eigenvalue weighted by molar-refractivity contribution is 0.0474. The quantitative estimate of drug-likeness (QED) is 0.726.